The van der Waals surface area contributed by atoms with E-state index in [0.29, 0.717) is 10.8 Å². The second-order valence-electron chi connectivity index (χ2n) is 3.71. The van der Waals surface area contributed by atoms with Gasteiger partial charge in [-0.05, 0) is 30.5 Å². The zero-order chi connectivity index (χ0) is 15.3. The summed E-state index contributed by atoms with van der Waals surface area (Å²) < 4.78 is 5.57. The van der Waals surface area contributed by atoms with Crippen molar-refractivity contribution in [1.82, 2.24) is 0 Å². The smallest absolute Gasteiger partial charge is 0.345 e. The first-order valence-electron chi connectivity index (χ1n) is 6.36. The molecule has 0 aliphatic carbocycles. The van der Waals surface area contributed by atoms with Crippen molar-refractivity contribution < 1.29 is 19.7 Å². The summed E-state index contributed by atoms with van der Waals surface area (Å²) in [5.41, 5.74) is -0.206. The van der Waals surface area contributed by atoms with Crippen LogP contribution in [0.1, 0.15) is 31.1 Å². The average molecular weight is 341 g/mol. The van der Waals surface area contributed by atoms with Crippen LogP contribution in [0.5, 0.6) is 11.5 Å². The molecule has 0 aromatic heterocycles. The zero-order valence-corrected chi connectivity index (χ0v) is 13.2. The fourth-order valence-corrected chi connectivity index (χ4v) is 2.10. The van der Waals surface area contributed by atoms with E-state index in [1.54, 1.807) is 25.1 Å². The standard InChI is InChI=1S/C13H11BrO4.C2H6/c1-2-18-13(17)11-10(15)5-7-3-4-8(14)6-9(7)12(11)16;1-2/h3-6,15-16H,2H2,1H3;1-2H3. The zero-order valence-electron chi connectivity index (χ0n) is 11.6. The van der Waals surface area contributed by atoms with Crippen molar-refractivity contribution in [1.29, 1.82) is 0 Å². The summed E-state index contributed by atoms with van der Waals surface area (Å²) in [7, 11) is 0. The molecule has 108 valence electrons. The number of ether oxygens (including phenoxy) is 1. The van der Waals surface area contributed by atoms with Gasteiger partial charge in [0.15, 0.2) is 0 Å². The third kappa shape index (κ3) is 3.22. The summed E-state index contributed by atoms with van der Waals surface area (Å²) >= 11 is 3.29. The number of carbonyl (C=O) groups is 1. The molecule has 0 bridgehead atoms. The van der Waals surface area contributed by atoms with Gasteiger partial charge in [0.05, 0.1) is 6.61 Å². The van der Waals surface area contributed by atoms with Crippen molar-refractivity contribution in [3.63, 3.8) is 0 Å². The number of aromatic hydroxyl groups is 2. The predicted molar refractivity (Wildman–Crippen MR) is 82.3 cm³/mol. The number of benzene rings is 2. The van der Waals surface area contributed by atoms with E-state index >= 15 is 0 Å². The lowest BCUT2D eigenvalue weighted by Gasteiger charge is -2.10. The van der Waals surface area contributed by atoms with Gasteiger partial charge >= 0.3 is 5.97 Å². The number of esters is 1. The van der Waals surface area contributed by atoms with Crippen LogP contribution in [-0.2, 0) is 4.74 Å². The van der Waals surface area contributed by atoms with Gasteiger partial charge in [0.1, 0.15) is 17.1 Å². The minimum atomic E-state index is -0.741. The maximum atomic E-state index is 11.7. The predicted octanol–water partition coefficient (Wildman–Crippen LogP) is 4.22. The Bertz CT molecular complexity index is 623. The lowest BCUT2D eigenvalue weighted by Crippen LogP contribution is -2.05. The van der Waals surface area contributed by atoms with Crippen molar-refractivity contribution in [2.75, 3.05) is 6.61 Å². The first-order chi connectivity index (χ1) is 9.54. The van der Waals surface area contributed by atoms with Crippen LogP contribution >= 0.6 is 15.9 Å². The van der Waals surface area contributed by atoms with Gasteiger partial charge in [-0.25, -0.2) is 4.79 Å². The molecule has 0 aliphatic heterocycles. The molecule has 0 saturated heterocycles. The van der Waals surface area contributed by atoms with Crippen molar-refractivity contribution >= 4 is 32.7 Å². The molecule has 0 fully saturated rings. The highest BCUT2D eigenvalue weighted by Gasteiger charge is 2.20. The van der Waals surface area contributed by atoms with Gasteiger partial charge in [0, 0.05) is 9.86 Å². The quantitative estimate of drug-likeness (QED) is 0.803. The number of hydrogen-bond donors (Lipinski definition) is 2. The fourth-order valence-electron chi connectivity index (χ4n) is 1.74. The molecule has 4 nitrogen and oxygen atoms in total. The van der Waals surface area contributed by atoms with E-state index in [-0.39, 0.29) is 23.7 Å². The summed E-state index contributed by atoms with van der Waals surface area (Å²) in [6, 6.07) is 6.61. The number of hydrogen-bond acceptors (Lipinski definition) is 4. The van der Waals surface area contributed by atoms with Crippen molar-refractivity contribution in [2.24, 2.45) is 0 Å². The van der Waals surface area contributed by atoms with Crippen LogP contribution in [0.4, 0.5) is 0 Å². The maximum Gasteiger partial charge on any atom is 0.345 e. The van der Waals surface area contributed by atoms with Gasteiger partial charge in [0.2, 0.25) is 0 Å². The Balaban J connectivity index is 0.000000956. The SMILES string of the molecule is CC.CCOC(=O)c1c(O)cc2ccc(Br)cc2c1O. The van der Waals surface area contributed by atoms with E-state index in [1.165, 1.54) is 6.07 Å². The Labute approximate surface area is 126 Å². The molecule has 2 rings (SSSR count). The molecular weight excluding hydrogens is 324 g/mol. The summed E-state index contributed by atoms with van der Waals surface area (Å²) in [6.45, 7) is 5.83. The van der Waals surface area contributed by atoms with Gasteiger partial charge in [-0.15, -0.1) is 0 Å². The van der Waals surface area contributed by atoms with Crippen LogP contribution in [0.3, 0.4) is 0 Å². The third-order valence-electron chi connectivity index (χ3n) is 2.54. The van der Waals surface area contributed by atoms with Crippen molar-refractivity contribution in [3.8, 4) is 11.5 Å². The summed E-state index contributed by atoms with van der Waals surface area (Å²) in [4.78, 5) is 11.7. The fraction of sp³-hybridized carbons (Fsp3) is 0.267. The minimum Gasteiger partial charge on any atom is -0.507 e. The molecule has 0 spiro atoms. The van der Waals surface area contributed by atoms with Crippen LogP contribution in [0, 0.1) is 0 Å². The molecule has 5 heteroatoms. The van der Waals surface area contributed by atoms with Crippen LogP contribution in [0.25, 0.3) is 10.8 Å². The first-order valence-corrected chi connectivity index (χ1v) is 7.15. The Morgan fingerprint density at radius 2 is 1.90 bits per heavy atom. The van der Waals surface area contributed by atoms with Crippen LogP contribution in [-0.4, -0.2) is 22.8 Å². The molecule has 0 heterocycles. The second-order valence-corrected chi connectivity index (χ2v) is 4.62. The van der Waals surface area contributed by atoms with Gasteiger partial charge in [-0.3, -0.25) is 0 Å². The Hall–Kier alpha value is -1.75. The molecule has 0 aliphatic rings. The van der Waals surface area contributed by atoms with E-state index in [1.807, 2.05) is 13.8 Å². The van der Waals surface area contributed by atoms with E-state index in [2.05, 4.69) is 15.9 Å². The lowest BCUT2D eigenvalue weighted by molar-refractivity contribution is 0.0520. The van der Waals surface area contributed by atoms with Crippen LogP contribution < -0.4 is 0 Å². The highest BCUT2D eigenvalue weighted by atomic mass is 79.9. The molecule has 2 aromatic carbocycles. The number of phenolic OH excluding ortho intramolecular Hbond substituents is 2. The lowest BCUT2D eigenvalue weighted by atomic mass is 10.0. The van der Waals surface area contributed by atoms with Crippen LogP contribution in [0.15, 0.2) is 28.7 Å². The number of carbonyl (C=O) groups excluding carboxylic acids is 1. The number of fused-ring (bicyclic) bond motifs is 1. The Morgan fingerprint density at radius 3 is 2.50 bits per heavy atom. The summed E-state index contributed by atoms with van der Waals surface area (Å²) in [5, 5.41) is 21.0. The highest BCUT2D eigenvalue weighted by Crippen LogP contribution is 2.37. The first kappa shape index (κ1) is 16.3. The van der Waals surface area contributed by atoms with Gasteiger partial charge < -0.3 is 14.9 Å². The Morgan fingerprint density at radius 1 is 1.25 bits per heavy atom. The maximum absolute atomic E-state index is 11.7. The molecule has 2 N–H and O–H groups in total. The van der Waals surface area contributed by atoms with Gasteiger partial charge in [-0.1, -0.05) is 35.8 Å². The van der Waals surface area contributed by atoms with E-state index < -0.39 is 5.97 Å². The topological polar surface area (TPSA) is 66.8 Å². The molecule has 2 aromatic rings. The molecule has 0 unspecified atom stereocenters. The minimum absolute atomic E-state index is 0.175. The summed E-state index contributed by atoms with van der Waals surface area (Å²) in [6.07, 6.45) is 0. The molecule has 0 amide bonds. The summed E-state index contributed by atoms with van der Waals surface area (Å²) in [5.74, 6) is -1.31. The molecular formula is C15H17BrO4. The van der Waals surface area contributed by atoms with Crippen LogP contribution in [0.2, 0.25) is 0 Å². The van der Waals surface area contributed by atoms with E-state index in [4.69, 9.17) is 4.74 Å². The monoisotopic (exact) mass is 340 g/mol. The molecule has 20 heavy (non-hydrogen) atoms. The van der Waals surface area contributed by atoms with Crippen molar-refractivity contribution in [2.45, 2.75) is 20.8 Å². The largest absolute Gasteiger partial charge is 0.507 e. The number of phenols is 2. The second kappa shape index (κ2) is 7.14. The third-order valence-corrected chi connectivity index (χ3v) is 3.03. The normalized spacial score (nSPS) is 9.80. The highest BCUT2D eigenvalue weighted by molar-refractivity contribution is 9.10. The molecule has 0 atom stereocenters. The number of rotatable bonds is 2. The van der Waals surface area contributed by atoms with Gasteiger partial charge in [-0.2, -0.15) is 0 Å². The Kier molecular flexibility index (Phi) is 5.82. The average Bonchev–Trinajstić information content (AvgIpc) is 2.42. The van der Waals surface area contributed by atoms with Gasteiger partial charge in [0.25, 0.3) is 0 Å². The van der Waals surface area contributed by atoms with Crippen molar-refractivity contribution in [3.05, 3.63) is 34.3 Å². The molecule has 0 saturated carbocycles. The van der Waals surface area contributed by atoms with E-state index in [0.717, 1.165) is 4.47 Å². The molecule has 0 radical (unpaired) electrons. The van der Waals surface area contributed by atoms with E-state index in [9.17, 15) is 15.0 Å². The number of halogens is 1.